The molecule has 8 heteroatoms. The average molecular weight is 390 g/mol. The zero-order valence-electron chi connectivity index (χ0n) is 15.9. The summed E-state index contributed by atoms with van der Waals surface area (Å²) in [5.41, 5.74) is 2.39. The maximum absolute atomic E-state index is 12.6. The number of hydrogen-bond donors (Lipinski definition) is 2. The van der Waals surface area contributed by atoms with Crippen molar-refractivity contribution in [1.29, 1.82) is 0 Å². The molecule has 1 aliphatic carbocycles. The molecule has 0 spiro atoms. The number of nitrogens with zero attached hydrogens (tertiary/aromatic N) is 3. The highest BCUT2D eigenvalue weighted by Gasteiger charge is 2.18. The number of sulfonamides is 1. The molecule has 2 N–H and O–H groups in total. The fraction of sp³-hybridized carbons (Fsp3) is 0.474. The molecular weight excluding hydrogens is 362 g/mol. The van der Waals surface area contributed by atoms with E-state index in [0.29, 0.717) is 5.82 Å². The first-order valence-corrected chi connectivity index (χ1v) is 10.8. The highest BCUT2D eigenvalue weighted by Crippen LogP contribution is 2.25. The van der Waals surface area contributed by atoms with Crippen LogP contribution in [0.2, 0.25) is 0 Å². The van der Waals surface area contributed by atoms with Crippen molar-refractivity contribution >= 4 is 21.7 Å². The van der Waals surface area contributed by atoms with Crippen LogP contribution in [0.4, 0.5) is 11.6 Å². The van der Waals surface area contributed by atoms with Crippen LogP contribution in [0.25, 0.3) is 0 Å². The minimum atomic E-state index is -3.67. The van der Waals surface area contributed by atoms with Crippen LogP contribution in [-0.2, 0) is 22.9 Å². The smallest absolute Gasteiger partial charge is 0.263 e. The summed E-state index contributed by atoms with van der Waals surface area (Å²) in [5, 5.41) is 11.2. The third-order valence-electron chi connectivity index (χ3n) is 4.62. The van der Waals surface area contributed by atoms with Gasteiger partial charge in [-0.15, -0.1) is 10.2 Å². The molecule has 0 radical (unpaired) electrons. The van der Waals surface area contributed by atoms with Crippen molar-refractivity contribution in [2.75, 3.05) is 37.2 Å². The van der Waals surface area contributed by atoms with E-state index in [2.05, 4.69) is 25.1 Å². The zero-order valence-corrected chi connectivity index (χ0v) is 16.7. The Bertz CT molecular complexity index is 866. The summed E-state index contributed by atoms with van der Waals surface area (Å²) < 4.78 is 27.8. The summed E-state index contributed by atoms with van der Waals surface area (Å²) in [7, 11) is 0.394. The van der Waals surface area contributed by atoms with Gasteiger partial charge >= 0.3 is 0 Å². The summed E-state index contributed by atoms with van der Waals surface area (Å²) >= 11 is 0. The van der Waals surface area contributed by atoms with Crippen molar-refractivity contribution in [3.8, 4) is 0 Å². The highest BCUT2D eigenvalue weighted by molar-refractivity contribution is 7.92. The van der Waals surface area contributed by atoms with Crippen LogP contribution in [0, 0.1) is 0 Å². The van der Waals surface area contributed by atoms with E-state index in [4.69, 9.17) is 0 Å². The maximum Gasteiger partial charge on any atom is 0.263 e. The van der Waals surface area contributed by atoms with E-state index in [1.165, 1.54) is 12.0 Å². The molecule has 1 aromatic carbocycles. The van der Waals surface area contributed by atoms with Crippen LogP contribution in [0.1, 0.15) is 30.4 Å². The monoisotopic (exact) mass is 389 g/mol. The Morgan fingerprint density at radius 3 is 2.41 bits per heavy atom. The Kier molecular flexibility index (Phi) is 6.28. The summed E-state index contributed by atoms with van der Waals surface area (Å²) in [5.74, 6) is 0.844. The second-order valence-electron chi connectivity index (χ2n) is 7.13. The molecule has 0 aliphatic heterocycles. The maximum atomic E-state index is 12.6. The lowest BCUT2D eigenvalue weighted by Gasteiger charge is -2.16. The minimum Gasteiger partial charge on any atom is -0.369 e. The SMILES string of the molecule is CN(C)CCCNc1ccc(NS(=O)(=O)c2ccc3c(c2)CCCC3)nn1. The van der Waals surface area contributed by atoms with Crippen LogP contribution in [0.5, 0.6) is 0 Å². The molecule has 0 saturated heterocycles. The molecule has 1 heterocycles. The van der Waals surface area contributed by atoms with E-state index < -0.39 is 10.0 Å². The van der Waals surface area contributed by atoms with Gasteiger partial charge in [-0.2, -0.15) is 0 Å². The van der Waals surface area contributed by atoms with Crippen LogP contribution in [0.3, 0.4) is 0 Å². The van der Waals surface area contributed by atoms with Crippen LogP contribution in [0.15, 0.2) is 35.2 Å². The molecular formula is C19H27N5O2S. The Morgan fingerprint density at radius 2 is 1.70 bits per heavy atom. The molecule has 0 saturated carbocycles. The Hall–Kier alpha value is -2.19. The molecule has 0 atom stereocenters. The number of aryl methyl sites for hydroxylation is 2. The van der Waals surface area contributed by atoms with Gasteiger partial charge in [0.2, 0.25) is 0 Å². The molecule has 0 fully saturated rings. The lowest BCUT2D eigenvalue weighted by molar-refractivity contribution is 0.405. The number of rotatable bonds is 8. The van der Waals surface area contributed by atoms with Crippen molar-refractivity contribution in [1.82, 2.24) is 15.1 Å². The van der Waals surface area contributed by atoms with Gasteiger partial charge in [-0.3, -0.25) is 4.72 Å². The summed E-state index contributed by atoms with van der Waals surface area (Å²) in [6.45, 7) is 1.77. The molecule has 7 nitrogen and oxygen atoms in total. The van der Waals surface area contributed by atoms with Crippen LogP contribution < -0.4 is 10.0 Å². The van der Waals surface area contributed by atoms with Gasteiger partial charge in [0, 0.05) is 6.54 Å². The number of anilines is 2. The number of benzene rings is 1. The first-order valence-electron chi connectivity index (χ1n) is 9.31. The third-order valence-corrected chi connectivity index (χ3v) is 5.97. The van der Waals surface area contributed by atoms with Crippen LogP contribution in [-0.4, -0.2) is 50.7 Å². The second-order valence-corrected chi connectivity index (χ2v) is 8.81. The lowest BCUT2D eigenvalue weighted by Crippen LogP contribution is -2.17. The minimum absolute atomic E-state index is 0.214. The van der Waals surface area contributed by atoms with Gasteiger partial charge in [0.25, 0.3) is 10.0 Å². The van der Waals surface area contributed by atoms with Gasteiger partial charge < -0.3 is 10.2 Å². The van der Waals surface area contributed by atoms with Gasteiger partial charge in [-0.25, -0.2) is 8.42 Å². The zero-order chi connectivity index (χ0) is 19.3. The van der Waals surface area contributed by atoms with Crippen molar-refractivity contribution in [3.05, 3.63) is 41.5 Å². The third kappa shape index (κ3) is 5.40. The van der Waals surface area contributed by atoms with Crippen LogP contribution >= 0.6 is 0 Å². The summed E-state index contributed by atoms with van der Waals surface area (Å²) in [4.78, 5) is 2.39. The van der Waals surface area contributed by atoms with Crippen molar-refractivity contribution < 1.29 is 8.42 Å². The molecule has 1 aromatic heterocycles. The van der Waals surface area contributed by atoms with Crippen molar-refractivity contribution in [2.45, 2.75) is 37.0 Å². The molecule has 2 aromatic rings. The van der Waals surface area contributed by atoms with Gasteiger partial charge in [0.15, 0.2) is 5.82 Å². The predicted octanol–water partition coefficient (Wildman–Crippen LogP) is 2.52. The van der Waals surface area contributed by atoms with Gasteiger partial charge in [-0.05, 0) is 88.1 Å². The van der Waals surface area contributed by atoms with E-state index in [9.17, 15) is 8.42 Å². The normalized spacial score (nSPS) is 14.0. The summed E-state index contributed by atoms with van der Waals surface area (Å²) in [6, 6.07) is 8.73. The largest absolute Gasteiger partial charge is 0.369 e. The molecule has 27 heavy (non-hydrogen) atoms. The quantitative estimate of drug-likeness (QED) is 0.675. The Labute approximate surface area is 161 Å². The number of aromatic nitrogens is 2. The number of fused-ring (bicyclic) bond motifs is 1. The van der Waals surface area contributed by atoms with Crippen molar-refractivity contribution in [2.24, 2.45) is 0 Å². The number of nitrogens with one attached hydrogen (secondary N) is 2. The van der Waals surface area contributed by atoms with E-state index in [-0.39, 0.29) is 10.7 Å². The van der Waals surface area contributed by atoms with Gasteiger partial charge in [0.1, 0.15) is 5.82 Å². The van der Waals surface area contributed by atoms with Gasteiger partial charge in [0.05, 0.1) is 4.90 Å². The Balaban J connectivity index is 1.62. The van der Waals surface area contributed by atoms with Crippen molar-refractivity contribution in [3.63, 3.8) is 0 Å². The van der Waals surface area contributed by atoms with E-state index in [1.807, 2.05) is 20.2 Å². The van der Waals surface area contributed by atoms with Gasteiger partial charge in [-0.1, -0.05) is 6.07 Å². The van der Waals surface area contributed by atoms with E-state index in [0.717, 1.165) is 44.3 Å². The highest BCUT2D eigenvalue weighted by atomic mass is 32.2. The molecule has 0 bridgehead atoms. The lowest BCUT2D eigenvalue weighted by atomic mass is 9.92. The fourth-order valence-electron chi connectivity index (χ4n) is 3.17. The number of hydrogen-bond acceptors (Lipinski definition) is 6. The standard InChI is InChI=1S/C19H27N5O2S/c1-24(2)13-5-12-20-18-10-11-19(22-21-18)23-27(25,26)17-9-8-15-6-3-4-7-16(15)14-17/h8-11,14H,3-7,12-13H2,1-2H3,(H,20,21)(H,22,23). The summed E-state index contributed by atoms with van der Waals surface area (Å²) in [6.07, 6.45) is 5.23. The predicted molar refractivity (Wildman–Crippen MR) is 108 cm³/mol. The van der Waals surface area contributed by atoms with E-state index in [1.54, 1.807) is 24.3 Å². The fourth-order valence-corrected chi connectivity index (χ4v) is 4.21. The van der Waals surface area contributed by atoms with E-state index >= 15 is 0 Å². The topological polar surface area (TPSA) is 87.2 Å². The second kappa shape index (κ2) is 8.67. The molecule has 1 aliphatic rings. The molecule has 0 unspecified atom stereocenters. The first-order chi connectivity index (χ1) is 12.9. The average Bonchev–Trinajstić information content (AvgIpc) is 2.65. The Morgan fingerprint density at radius 1 is 1.00 bits per heavy atom. The molecule has 3 rings (SSSR count). The molecule has 0 amide bonds. The first kappa shape index (κ1) is 19.6. The molecule has 146 valence electrons.